The van der Waals surface area contributed by atoms with Crippen LogP contribution in [0.1, 0.15) is 25.7 Å². The van der Waals surface area contributed by atoms with Crippen molar-refractivity contribution in [1.82, 2.24) is 0 Å². The minimum atomic E-state index is -1.71. The summed E-state index contributed by atoms with van der Waals surface area (Å²) < 4.78 is 3.69. The predicted molar refractivity (Wildman–Crippen MR) is 58.3 cm³/mol. The maximum Gasteiger partial charge on any atom is 0.265 e. The number of hydrogen-bond donors (Lipinski definition) is 1. The highest BCUT2D eigenvalue weighted by atomic mass is 35.6. The number of halogens is 3. The van der Waals surface area contributed by atoms with Crippen molar-refractivity contribution in [2.24, 2.45) is 11.8 Å². The molecule has 2 fully saturated rings. The average molecular weight is 257 g/mol. The van der Waals surface area contributed by atoms with E-state index in [0.717, 1.165) is 12.3 Å². The van der Waals surface area contributed by atoms with Gasteiger partial charge >= 0.3 is 0 Å². The molecule has 2 nitrogen and oxygen atoms in total. The minimum Gasteiger partial charge on any atom is -0.474 e. The predicted octanol–water partition coefficient (Wildman–Crippen LogP) is 3.54. The monoisotopic (exact) mass is 255 g/mol. The highest BCUT2D eigenvalue weighted by molar-refractivity contribution is 6.76. The second-order valence-electron chi connectivity index (χ2n) is 4.16. The van der Waals surface area contributed by atoms with Gasteiger partial charge in [-0.1, -0.05) is 34.8 Å². The van der Waals surface area contributed by atoms with Crippen molar-refractivity contribution in [3.05, 3.63) is 0 Å². The second kappa shape index (κ2) is 3.73. The molecule has 5 heteroatoms. The molecule has 0 amide bonds. The maximum absolute atomic E-state index is 7.47. The number of nitrogens with one attached hydrogen (secondary N) is 1. The summed E-state index contributed by atoms with van der Waals surface area (Å²) in [5.74, 6) is 1.11. The van der Waals surface area contributed by atoms with Crippen molar-refractivity contribution in [2.45, 2.75) is 35.6 Å². The third-order valence-corrected chi connectivity index (χ3v) is 3.71. The topological polar surface area (TPSA) is 33.1 Å². The molecule has 0 aromatic rings. The van der Waals surface area contributed by atoms with Gasteiger partial charge in [-0.25, -0.2) is 0 Å². The lowest BCUT2D eigenvalue weighted by molar-refractivity contribution is 0.122. The van der Waals surface area contributed by atoms with Gasteiger partial charge in [0, 0.05) is 0 Å². The molecule has 0 aromatic heterocycles. The quantitative estimate of drug-likeness (QED) is 0.434. The summed E-state index contributed by atoms with van der Waals surface area (Å²) in [7, 11) is 0. The smallest absolute Gasteiger partial charge is 0.265 e. The van der Waals surface area contributed by atoms with E-state index in [9.17, 15) is 0 Å². The minimum absolute atomic E-state index is 0.108. The first kappa shape index (κ1) is 10.8. The van der Waals surface area contributed by atoms with Crippen LogP contribution in [0.15, 0.2) is 0 Å². The van der Waals surface area contributed by atoms with Gasteiger partial charge in [0.05, 0.1) is 0 Å². The molecule has 1 N–H and O–H groups in total. The van der Waals surface area contributed by atoms with Crippen LogP contribution in [0.25, 0.3) is 0 Å². The van der Waals surface area contributed by atoms with E-state index in [1.54, 1.807) is 0 Å². The van der Waals surface area contributed by atoms with E-state index in [2.05, 4.69) is 0 Å². The summed E-state index contributed by atoms with van der Waals surface area (Å²) in [6, 6.07) is 0. The Morgan fingerprint density at radius 3 is 2.36 bits per heavy atom. The Morgan fingerprint density at radius 2 is 1.93 bits per heavy atom. The standard InChI is InChI=1S/C9H12Cl3NO/c10-9(11,12)8(13)14-7-4-5-1-2-6(7)3-5/h5-7,13H,1-4H2/t5-,6+,7-/m1/s1. The highest BCUT2D eigenvalue weighted by Crippen LogP contribution is 2.46. The zero-order valence-corrected chi connectivity index (χ0v) is 9.87. The van der Waals surface area contributed by atoms with Gasteiger partial charge in [0.2, 0.25) is 5.90 Å². The molecular weight excluding hydrogens is 244 g/mol. The molecule has 0 heterocycles. The fourth-order valence-electron chi connectivity index (χ4n) is 2.55. The van der Waals surface area contributed by atoms with Crippen LogP contribution in [-0.4, -0.2) is 15.8 Å². The largest absolute Gasteiger partial charge is 0.474 e. The first-order valence-corrected chi connectivity index (χ1v) is 5.92. The van der Waals surface area contributed by atoms with Crippen molar-refractivity contribution >= 4 is 40.7 Å². The summed E-state index contributed by atoms with van der Waals surface area (Å²) in [5.41, 5.74) is 0. The van der Waals surface area contributed by atoms with Crippen LogP contribution in [-0.2, 0) is 4.74 Å². The summed E-state index contributed by atoms with van der Waals surface area (Å²) in [6.45, 7) is 0. The molecule has 80 valence electrons. The van der Waals surface area contributed by atoms with Crippen LogP contribution >= 0.6 is 34.8 Å². The number of ether oxygens (including phenoxy) is 1. The normalized spacial score (nSPS) is 36.1. The van der Waals surface area contributed by atoms with Crippen LogP contribution in [0.4, 0.5) is 0 Å². The van der Waals surface area contributed by atoms with Gasteiger partial charge in [-0.05, 0) is 37.5 Å². The molecule has 14 heavy (non-hydrogen) atoms. The van der Waals surface area contributed by atoms with Gasteiger partial charge in [-0.3, -0.25) is 5.41 Å². The molecule has 0 spiro atoms. The second-order valence-corrected chi connectivity index (χ2v) is 6.44. The molecule has 2 aliphatic rings. The van der Waals surface area contributed by atoms with Gasteiger partial charge in [0.25, 0.3) is 3.79 Å². The maximum atomic E-state index is 7.47. The molecular formula is C9H12Cl3NO. The number of fused-ring (bicyclic) bond motifs is 2. The molecule has 0 radical (unpaired) electrons. The Labute approximate surface area is 98.4 Å². The van der Waals surface area contributed by atoms with Crippen LogP contribution in [0.3, 0.4) is 0 Å². The summed E-state index contributed by atoms with van der Waals surface area (Å²) in [5, 5.41) is 7.47. The third kappa shape index (κ3) is 2.12. The van der Waals surface area contributed by atoms with Crippen LogP contribution in [0.2, 0.25) is 0 Å². The van der Waals surface area contributed by atoms with Crippen molar-refractivity contribution < 1.29 is 4.74 Å². The molecule has 0 unspecified atom stereocenters. The van der Waals surface area contributed by atoms with Gasteiger partial charge < -0.3 is 4.74 Å². The average Bonchev–Trinajstić information content (AvgIpc) is 2.62. The lowest BCUT2D eigenvalue weighted by Gasteiger charge is -2.25. The fraction of sp³-hybridized carbons (Fsp3) is 0.889. The summed E-state index contributed by atoms with van der Waals surface area (Å²) >= 11 is 16.6. The Morgan fingerprint density at radius 1 is 1.21 bits per heavy atom. The van der Waals surface area contributed by atoms with Crippen molar-refractivity contribution in [3.8, 4) is 0 Å². The van der Waals surface area contributed by atoms with E-state index in [0.29, 0.717) is 5.92 Å². The van der Waals surface area contributed by atoms with E-state index >= 15 is 0 Å². The van der Waals surface area contributed by atoms with Crippen molar-refractivity contribution in [3.63, 3.8) is 0 Å². The third-order valence-electron chi connectivity index (χ3n) is 3.20. The van der Waals surface area contributed by atoms with Gasteiger partial charge in [-0.15, -0.1) is 0 Å². The van der Waals surface area contributed by atoms with Crippen molar-refractivity contribution in [1.29, 1.82) is 5.41 Å². The number of hydrogen-bond acceptors (Lipinski definition) is 2. The fourth-order valence-corrected chi connectivity index (χ4v) is 2.68. The van der Waals surface area contributed by atoms with Crippen LogP contribution < -0.4 is 0 Å². The number of alkyl halides is 3. The molecule has 2 aliphatic carbocycles. The first-order chi connectivity index (χ1) is 6.47. The molecule has 2 saturated carbocycles. The Kier molecular flexibility index (Phi) is 2.89. The molecule has 2 bridgehead atoms. The van der Waals surface area contributed by atoms with E-state index < -0.39 is 3.79 Å². The molecule has 0 aromatic carbocycles. The highest BCUT2D eigenvalue weighted by Gasteiger charge is 2.43. The molecule has 0 aliphatic heterocycles. The van der Waals surface area contributed by atoms with E-state index in [-0.39, 0.29) is 12.0 Å². The van der Waals surface area contributed by atoms with E-state index in [1.165, 1.54) is 19.3 Å². The Balaban J connectivity index is 1.90. The lowest BCUT2D eigenvalue weighted by atomic mass is 9.98. The van der Waals surface area contributed by atoms with Gasteiger partial charge in [-0.2, -0.15) is 0 Å². The summed E-state index contributed by atoms with van der Waals surface area (Å²) in [6.07, 6.45) is 4.84. The van der Waals surface area contributed by atoms with E-state index in [4.69, 9.17) is 44.9 Å². The Bertz CT molecular complexity index is 251. The van der Waals surface area contributed by atoms with Crippen LogP contribution in [0, 0.1) is 17.2 Å². The van der Waals surface area contributed by atoms with Gasteiger partial charge in [0.1, 0.15) is 6.10 Å². The van der Waals surface area contributed by atoms with E-state index in [1.807, 2.05) is 0 Å². The summed E-state index contributed by atoms with van der Waals surface area (Å²) in [4.78, 5) is 0. The molecule has 3 atom stereocenters. The molecule has 2 rings (SSSR count). The first-order valence-electron chi connectivity index (χ1n) is 4.79. The number of rotatable bonds is 1. The van der Waals surface area contributed by atoms with Crippen LogP contribution in [0.5, 0.6) is 0 Å². The SMILES string of the molecule is N=C(O[C@@H]1C[C@@H]2CC[C@H]1C2)C(Cl)(Cl)Cl. The zero-order valence-electron chi connectivity index (χ0n) is 7.60. The zero-order chi connectivity index (χ0) is 10.3. The van der Waals surface area contributed by atoms with Gasteiger partial charge in [0.15, 0.2) is 0 Å². The lowest BCUT2D eigenvalue weighted by Crippen LogP contribution is -2.30. The Hall–Kier alpha value is 0.340. The molecule has 0 saturated heterocycles. The van der Waals surface area contributed by atoms with Crippen molar-refractivity contribution in [2.75, 3.05) is 0 Å².